The number of nitrogen functional groups attached to an aromatic ring is 1. The number of rotatable bonds is 7. The normalized spacial score (nSPS) is 10.5. The first-order valence-corrected chi connectivity index (χ1v) is 5.34. The Morgan fingerprint density at radius 1 is 1.41 bits per heavy atom. The van der Waals surface area contributed by atoms with Gasteiger partial charge in [0.1, 0.15) is 11.7 Å². The fraction of sp³-hybridized carbons (Fsp3) is 0.417. The molecule has 1 aromatic carbocycles. The minimum Gasteiger partial charge on any atom is -0.385 e. The number of halogens is 1. The molecule has 3 N–H and O–H groups in total. The summed E-state index contributed by atoms with van der Waals surface area (Å²) in [6.45, 7) is 1.52. The van der Waals surface area contributed by atoms with Crippen LogP contribution in [-0.4, -0.2) is 26.2 Å². The van der Waals surface area contributed by atoms with Gasteiger partial charge in [-0.25, -0.2) is 4.39 Å². The highest BCUT2D eigenvalue weighted by Gasteiger charge is 2.06. The van der Waals surface area contributed by atoms with Gasteiger partial charge < -0.3 is 15.2 Å². The predicted octanol–water partition coefficient (Wildman–Crippen LogP) is 1.66. The van der Waals surface area contributed by atoms with Crippen molar-refractivity contribution in [1.82, 2.24) is 0 Å². The smallest absolute Gasteiger partial charge is 0.123 e. The molecule has 0 spiro atoms. The zero-order valence-corrected chi connectivity index (χ0v) is 9.83. The number of hydrogen-bond acceptors (Lipinski definition) is 3. The van der Waals surface area contributed by atoms with Crippen LogP contribution < -0.4 is 5.73 Å². The van der Waals surface area contributed by atoms with Crippen LogP contribution >= 0.6 is 0 Å². The summed E-state index contributed by atoms with van der Waals surface area (Å²) in [6, 6.07) is 4.17. The lowest BCUT2D eigenvalue weighted by Gasteiger charge is -2.09. The SMILES string of the molecule is COCCCOCc1ccc(F)cc1C(=N)N. The second-order valence-electron chi connectivity index (χ2n) is 3.61. The van der Waals surface area contributed by atoms with Gasteiger partial charge >= 0.3 is 0 Å². The molecule has 0 fully saturated rings. The molecule has 0 amide bonds. The van der Waals surface area contributed by atoms with Gasteiger partial charge in [0.15, 0.2) is 0 Å². The molecule has 0 radical (unpaired) electrons. The maximum atomic E-state index is 13.0. The zero-order valence-electron chi connectivity index (χ0n) is 9.83. The Morgan fingerprint density at radius 2 is 2.18 bits per heavy atom. The van der Waals surface area contributed by atoms with Crippen molar-refractivity contribution in [2.75, 3.05) is 20.3 Å². The first-order valence-electron chi connectivity index (χ1n) is 5.34. The van der Waals surface area contributed by atoms with Crippen LogP contribution in [0.25, 0.3) is 0 Å². The van der Waals surface area contributed by atoms with Gasteiger partial charge in [0.25, 0.3) is 0 Å². The molecule has 0 bridgehead atoms. The van der Waals surface area contributed by atoms with Crippen molar-refractivity contribution in [2.45, 2.75) is 13.0 Å². The number of amidine groups is 1. The van der Waals surface area contributed by atoms with E-state index in [2.05, 4.69) is 0 Å². The van der Waals surface area contributed by atoms with E-state index in [4.69, 9.17) is 20.6 Å². The Morgan fingerprint density at radius 3 is 2.82 bits per heavy atom. The van der Waals surface area contributed by atoms with Crippen LogP contribution in [0.4, 0.5) is 4.39 Å². The van der Waals surface area contributed by atoms with Crippen molar-refractivity contribution >= 4 is 5.84 Å². The van der Waals surface area contributed by atoms with Crippen LogP contribution in [0.15, 0.2) is 18.2 Å². The molecule has 0 aliphatic rings. The largest absolute Gasteiger partial charge is 0.385 e. The van der Waals surface area contributed by atoms with E-state index in [1.165, 1.54) is 12.1 Å². The Balaban J connectivity index is 2.55. The third kappa shape index (κ3) is 4.50. The van der Waals surface area contributed by atoms with Gasteiger partial charge in [-0.1, -0.05) is 6.07 Å². The number of hydrogen-bond donors (Lipinski definition) is 2. The van der Waals surface area contributed by atoms with E-state index in [0.29, 0.717) is 25.4 Å². The molecule has 17 heavy (non-hydrogen) atoms. The molecule has 0 aromatic heterocycles. The van der Waals surface area contributed by atoms with Crippen molar-refractivity contribution in [1.29, 1.82) is 5.41 Å². The van der Waals surface area contributed by atoms with Gasteiger partial charge in [-0.05, 0) is 24.1 Å². The Kier molecular flexibility index (Phi) is 5.59. The molecule has 0 aliphatic heterocycles. The summed E-state index contributed by atoms with van der Waals surface area (Å²) in [4.78, 5) is 0. The maximum absolute atomic E-state index is 13.0. The van der Waals surface area contributed by atoms with Crippen LogP contribution in [0.5, 0.6) is 0 Å². The van der Waals surface area contributed by atoms with Crippen LogP contribution in [0.1, 0.15) is 17.5 Å². The molecular weight excluding hydrogens is 223 g/mol. The van der Waals surface area contributed by atoms with E-state index in [-0.39, 0.29) is 5.84 Å². The van der Waals surface area contributed by atoms with Crippen molar-refractivity contribution < 1.29 is 13.9 Å². The highest BCUT2D eigenvalue weighted by atomic mass is 19.1. The fourth-order valence-corrected chi connectivity index (χ4v) is 1.41. The first kappa shape index (κ1) is 13.6. The maximum Gasteiger partial charge on any atom is 0.123 e. The van der Waals surface area contributed by atoms with Crippen LogP contribution in [0.2, 0.25) is 0 Å². The first-order chi connectivity index (χ1) is 8.15. The molecule has 0 saturated heterocycles. The number of ether oxygens (including phenoxy) is 2. The number of nitrogens with one attached hydrogen (secondary N) is 1. The monoisotopic (exact) mass is 240 g/mol. The molecule has 0 atom stereocenters. The quantitative estimate of drug-likeness (QED) is 0.432. The Hall–Kier alpha value is -1.46. The van der Waals surface area contributed by atoms with E-state index < -0.39 is 5.82 Å². The summed E-state index contributed by atoms with van der Waals surface area (Å²) < 4.78 is 23.3. The van der Waals surface area contributed by atoms with Crippen LogP contribution in [0.3, 0.4) is 0 Å². The molecule has 4 nitrogen and oxygen atoms in total. The summed E-state index contributed by atoms with van der Waals surface area (Å²) in [6.07, 6.45) is 0.799. The van der Waals surface area contributed by atoms with E-state index in [9.17, 15) is 4.39 Å². The summed E-state index contributed by atoms with van der Waals surface area (Å²) in [7, 11) is 1.63. The van der Waals surface area contributed by atoms with E-state index in [0.717, 1.165) is 12.0 Å². The minimum absolute atomic E-state index is 0.153. The van der Waals surface area contributed by atoms with Crippen molar-refractivity contribution in [2.24, 2.45) is 5.73 Å². The molecule has 1 aromatic rings. The molecule has 1 rings (SSSR count). The number of benzene rings is 1. The van der Waals surface area contributed by atoms with Crippen LogP contribution in [0, 0.1) is 11.2 Å². The summed E-state index contributed by atoms with van der Waals surface area (Å²) in [5, 5.41) is 7.35. The standard InChI is InChI=1S/C12H17FN2O2/c1-16-5-2-6-17-8-9-3-4-10(13)7-11(9)12(14)15/h3-4,7H,2,5-6,8H2,1H3,(H3,14,15). The lowest BCUT2D eigenvalue weighted by molar-refractivity contribution is 0.0927. The molecule has 0 saturated carbocycles. The molecular formula is C12H17FN2O2. The summed E-state index contributed by atoms with van der Waals surface area (Å²) >= 11 is 0. The van der Waals surface area contributed by atoms with Gasteiger partial charge in [0.2, 0.25) is 0 Å². The van der Waals surface area contributed by atoms with Crippen molar-refractivity contribution in [3.05, 3.63) is 35.1 Å². The number of nitrogens with two attached hydrogens (primary N) is 1. The lowest BCUT2D eigenvalue weighted by Crippen LogP contribution is -2.15. The van der Waals surface area contributed by atoms with E-state index in [1.807, 2.05) is 0 Å². The van der Waals surface area contributed by atoms with E-state index in [1.54, 1.807) is 13.2 Å². The average molecular weight is 240 g/mol. The van der Waals surface area contributed by atoms with Gasteiger partial charge in [-0.2, -0.15) is 0 Å². The van der Waals surface area contributed by atoms with Gasteiger partial charge in [0.05, 0.1) is 6.61 Å². The topological polar surface area (TPSA) is 68.3 Å². The Labute approximate surface area is 100 Å². The van der Waals surface area contributed by atoms with Gasteiger partial charge in [0, 0.05) is 25.9 Å². The molecule has 0 unspecified atom stereocenters. The third-order valence-corrected chi connectivity index (χ3v) is 2.26. The highest BCUT2D eigenvalue weighted by Crippen LogP contribution is 2.12. The third-order valence-electron chi connectivity index (χ3n) is 2.26. The molecule has 0 heterocycles. The van der Waals surface area contributed by atoms with Crippen molar-refractivity contribution in [3.63, 3.8) is 0 Å². The molecule has 94 valence electrons. The average Bonchev–Trinajstić information content (AvgIpc) is 2.30. The van der Waals surface area contributed by atoms with Crippen LogP contribution in [-0.2, 0) is 16.1 Å². The Bertz CT molecular complexity index is 383. The fourth-order valence-electron chi connectivity index (χ4n) is 1.41. The zero-order chi connectivity index (χ0) is 12.7. The second-order valence-corrected chi connectivity index (χ2v) is 3.61. The minimum atomic E-state index is -0.404. The lowest BCUT2D eigenvalue weighted by atomic mass is 10.1. The summed E-state index contributed by atoms with van der Waals surface area (Å²) in [5.41, 5.74) is 6.48. The predicted molar refractivity (Wildman–Crippen MR) is 63.6 cm³/mol. The molecule has 0 aliphatic carbocycles. The van der Waals surface area contributed by atoms with Gasteiger partial charge in [-0.3, -0.25) is 5.41 Å². The highest BCUT2D eigenvalue weighted by molar-refractivity contribution is 5.96. The van der Waals surface area contributed by atoms with E-state index >= 15 is 0 Å². The summed E-state index contributed by atoms with van der Waals surface area (Å²) in [5.74, 6) is -0.557. The van der Waals surface area contributed by atoms with Gasteiger partial charge in [-0.15, -0.1) is 0 Å². The number of methoxy groups -OCH3 is 1. The van der Waals surface area contributed by atoms with Crippen molar-refractivity contribution in [3.8, 4) is 0 Å². The second kappa shape index (κ2) is 6.98. The molecule has 5 heteroatoms.